The summed E-state index contributed by atoms with van der Waals surface area (Å²) in [7, 11) is 1.52. The van der Waals surface area contributed by atoms with E-state index in [1.807, 2.05) is 40.7 Å². The molecule has 3 aromatic rings. The molecular formula is C25H27ClN2O5. The highest BCUT2D eigenvalue weighted by atomic mass is 35.5. The smallest absolute Gasteiger partial charge is 0.339 e. The summed E-state index contributed by atoms with van der Waals surface area (Å²) in [4.78, 5) is 20.7. The molecule has 1 N–H and O–H groups in total. The Morgan fingerprint density at radius 1 is 1.12 bits per heavy atom. The third-order valence-electron chi connectivity index (χ3n) is 4.78. The van der Waals surface area contributed by atoms with E-state index in [2.05, 4.69) is 9.97 Å². The lowest BCUT2D eigenvalue weighted by Gasteiger charge is -2.26. The second-order valence-corrected chi connectivity index (χ2v) is 9.11. The molecule has 0 bridgehead atoms. The van der Waals surface area contributed by atoms with Gasteiger partial charge in [0.1, 0.15) is 22.1 Å². The van der Waals surface area contributed by atoms with E-state index in [0.29, 0.717) is 17.0 Å². The largest absolute Gasteiger partial charge is 0.481 e. The highest BCUT2D eigenvalue weighted by Crippen LogP contribution is 2.46. The zero-order chi connectivity index (χ0) is 24.3. The van der Waals surface area contributed by atoms with Gasteiger partial charge in [-0.05, 0) is 43.0 Å². The Bertz CT molecular complexity index is 1170. The second-order valence-electron chi connectivity index (χ2n) is 8.71. The van der Waals surface area contributed by atoms with Crippen molar-refractivity contribution in [2.75, 3.05) is 7.11 Å². The average Bonchev–Trinajstić information content (AvgIpc) is 2.74. The maximum Gasteiger partial charge on any atom is 0.339 e. The molecule has 0 unspecified atom stereocenters. The van der Waals surface area contributed by atoms with Gasteiger partial charge >= 0.3 is 5.97 Å². The number of halogens is 1. The maximum absolute atomic E-state index is 12.2. The van der Waals surface area contributed by atoms with Crippen molar-refractivity contribution in [1.29, 1.82) is 0 Å². The first-order chi connectivity index (χ1) is 15.5. The van der Waals surface area contributed by atoms with Crippen molar-refractivity contribution in [1.82, 2.24) is 9.97 Å². The molecule has 3 rings (SSSR count). The first-order valence-corrected chi connectivity index (χ1v) is 10.8. The van der Waals surface area contributed by atoms with Gasteiger partial charge in [-0.25, -0.2) is 14.8 Å². The molecule has 0 saturated heterocycles. The summed E-state index contributed by atoms with van der Waals surface area (Å²) in [5.41, 5.74) is 1.71. The predicted molar refractivity (Wildman–Crippen MR) is 127 cm³/mol. The standard InChI is InChI=1S/C25H27ClN2O5/c1-14(2)32-23-19(26)12-15(13-28-23)33-21-17(24(29)30)9-10-18(25(3,4)5)20(21)16-8-7-11-27-22(16)31-6/h7-14H,1-6H3,(H,29,30). The van der Waals surface area contributed by atoms with Crippen molar-refractivity contribution in [3.8, 4) is 34.4 Å². The average molecular weight is 471 g/mol. The topological polar surface area (TPSA) is 90.8 Å². The SMILES string of the molecule is COc1ncccc1-c1c(C(C)(C)C)ccc(C(=O)O)c1Oc1cnc(OC(C)C)c(Cl)c1. The number of carboxylic acids is 1. The maximum atomic E-state index is 12.2. The van der Waals surface area contributed by atoms with Crippen LogP contribution in [-0.4, -0.2) is 34.3 Å². The van der Waals surface area contributed by atoms with E-state index < -0.39 is 5.97 Å². The van der Waals surface area contributed by atoms with E-state index in [1.165, 1.54) is 19.4 Å². The molecule has 0 aliphatic heterocycles. The molecule has 0 saturated carbocycles. The van der Waals surface area contributed by atoms with Crippen LogP contribution in [0.2, 0.25) is 5.02 Å². The summed E-state index contributed by atoms with van der Waals surface area (Å²) in [6.45, 7) is 9.85. The van der Waals surface area contributed by atoms with Gasteiger partial charge in [0.05, 0.1) is 19.4 Å². The highest BCUT2D eigenvalue weighted by Gasteiger charge is 2.29. The number of pyridine rings is 2. The Hall–Kier alpha value is -3.32. The molecule has 0 amide bonds. The Kier molecular flexibility index (Phi) is 7.12. The molecule has 0 aliphatic carbocycles. The van der Waals surface area contributed by atoms with Crippen LogP contribution in [0, 0.1) is 0 Å². The van der Waals surface area contributed by atoms with Crippen LogP contribution in [0.5, 0.6) is 23.3 Å². The fourth-order valence-corrected chi connectivity index (χ4v) is 3.59. The van der Waals surface area contributed by atoms with Crippen molar-refractivity contribution < 1.29 is 24.1 Å². The van der Waals surface area contributed by atoms with Crippen molar-refractivity contribution in [2.24, 2.45) is 0 Å². The van der Waals surface area contributed by atoms with Crippen LogP contribution in [0.15, 0.2) is 42.7 Å². The summed E-state index contributed by atoms with van der Waals surface area (Å²) >= 11 is 6.34. The van der Waals surface area contributed by atoms with Crippen LogP contribution in [0.4, 0.5) is 0 Å². The lowest BCUT2D eigenvalue weighted by Crippen LogP contribution is -2.15. The van der Waals surface area contributed by atoms with E-state index in [9.17, 15) is 9.90 Å². The number of carboxylic acid groups (broad SMARTS) is 1. The number of aromatic carboxylic acids is 1. The Morgan fingerprint density at radius 2 is 1.85 bits per heavy atom. The predicted octanol–water partition coefficient (Wildman–Crippen LogP) is 6.38. The monoisotopic (exact) mass is 470 g/mol. The zero-order valence-corrected chi connectivity index (χ0v) is 20.2. The van der Waals surface area contributed by atoms with Gasteiger partial charge in [0.15, 0.2) is 0 Å². The normalized spacial score (nSPS) is 11.4. The number of methoxy groups -OCH3 is 1. The van der Waals surface area contributed by atoms with Gasteiger partial charge in [-0.3, -0.25) is 0 Å². The Balaban J connectivity index is 2.27. The van der Waals surface area contributed by atoms with Crippen LogP contribution >= 0.6 is 11.6 Å². The highest BCUT2D eigenvalue weighted by molar-refractivity contribution is 6.31. The van der Waals surface area contributed by atoms with Gasteiger partial charge in [0.2, 0.25) is 11.8 Å². The summed E-state index contributed by atoms with van der Waals surface area (Å²) in [5, 5.41) is 10.2. The van der Waals surface area contributed by atoms with Gasteiger partial charge in [0, 0.05) is 23.4 Å². The lowest BCUT2D eigenvalue weighted by atomic mass is 9.80. The van der Waals surface area contributed by atoms with Crippen LogP contribution in [0.25, 0.3) is 11.1 Å². The minimum atomic E-state index is -1.13. The Labute approximate surface area is 198 Å². The molecular weight excluding hydrogens is 444 g/mol. The first-order valence-electron chi connectivity index (χ1n) is 10.4. The number of benzene rings is 1. The number of hydrogen-bond donors (Lipinski definition) is 1. The second kappa shape index (κ2) is 9.67. The molecule has 2 aromatic heterocycles. The number of ether oxygens (including phenoxy) is 3. The number of hydrogen-bond acceptors (Lipinski definition) is 6. The first kappa shape index (κ1) is 24.3. The molecule has 0 fully saturated rings. The van der Waals surface area contributed by atoms with Crippen LogP contribution in [0.3, 0.4) is 0 Å². The summed E-state index contributed by atoms with van der Waals surface area (Å²) in [6, 6.07) is 8.46. The van der Waals surface area contributed by atoms with Gasteiger partial charge in [-0.15, -0.1) is 0 Å². The van der Waals surface area contributed by atoms with E-state index in [1.54, 1.807) is 24.4 Å². The Morgan fingerprint density at radius 3 is 2.42 bits per heavy atom. The lowest BCUT2D eigenvalue weighted by molar-refractivity contribution is 0.0694. The quantitative estimate of drug-likeness (QED) is 0.428. The van der Waals surface area contributed by atoms with Crippen molar-refractivity contribution in [3.05, 3.63) is 58.9 Å². The molecule has 0 spiro atoms. The summed E-state index contributed by atoms with van der Waals surface area (Å²) in [5.74, 6) is -0.0823. The van der Waals surface area contributed by atoms with E-state index in [0.717, 1.165) is 5.56 Å². The van der Waals surface area contributed by atoms with Crippen molar-refractivity contribution >= 4 is 17.6 Å². The molecule has 33 heavy (non-hydrogen) atoms. The van der Waals surface area contributed by atoms with Gasteiger partial charge in [-0.1, -0.05) is 38.4 Å². The van der Waals surface area contributed by atoms with E-state index in [4.69, 9.17) is 25.8 Å². The summed E-state index contributed by atoms with van der Waals surface area (Å²) < 4.78 is 17.2. The van der Waals surface area contributed by atoms with Gasteiger partial charge < -0.3 is 19.3 Å². The minimum absolute atomic E-state index is 0.0115. The number of carbonyl (C=O) groups is 1. The summed E-state index contributed by atoms with van der Waals surface area (Å²) in [6.07, 6.45) is 2.95. The molecule has 0 aliphatic rings. The number of nitrogens with zero attached hydrogens (tertiary/aromatic N) is 2. The van der Waals surface area contributed by atoms with E-state index >= 15 is 0 Å². The third-order valence-corrected chi connectivity index (χ3v) is 5.05. The fourth-order valence-electron chi connectivity index (χ4n) is 3.38. The molecule has 8 heteroatoms. The van der Waals surface area contributed by atoms with Crippen LogP contribution in [-0.2, 0) is 5.41 Å². The molecule has 2 heterocycles. The van der Waals surface area contributed by atoms with Crippen molar-refractivity contribution in [3.63, 3.8) is 0 Å². The molecule has 0 radical (unpaired) electrons. The zero-order valence-electron chi connectivity index (χ0n) is 19.5. The van der Waals surface area contributed by atoms with Gasteiger partial charge in [0.25, 0.3) is 0 Å². The van der Waals surface area contributed by atoms with Crippen LogP contribution in [0.1, 0.15) is 50.5 Å². The van der Waals surface area contributed by atoms with E-state index in [-0.39, 0.29) is 39.5 Å². The molecule has 7 nitrogen and oxygen atoms in total. The van der Waals surface area contributed by atoms with Crippen LogP contribution < -0.4 is 14.2 Å². The van der Waals surface area contributed by atoms with Gasteiger partial charge in [-0.2, -0.15) is 0 Å². The number of aromatic nitrogens is 2. The minimum Gasteiger partial charge on any atom is -0.481 e. The molecule has 174 valence electrons. The van der Waals surface area contributed by atoms with Crippen molar-refractivity contribution in [2.45, 2.75) is 46.1 Å². The fraction of sp³-hybridized carbons (Fsp3) is 0.320. The molecule has 1 aromatic carbocycles. The molecule has 0 atom stereocenters. The third kappa shape index (κ3) is 5.37. The number of rotatable bonds is 7.